The Labute approximate surface area is 114 Å². The van der Waals surface area contributed by atoms with Crippen LogP contribution in [0, 0.1) is 5.41 Å². The van der Waals surface area contributed by atoms with Gasteiger partial charge in [-0.2, -0.15) is 0 Å². The predicted octanol–water partition coefficient (Wildman–Crippen LogP) is 1.69. The Morgan fingerprint density at radius 2 is 2.16 bits per heavy atom. The Balaban J connectivity index is 2.06. The average Bonchev–Trinajstić information content (AvgIpc) is 2.70. The average molecular weight is 265 g/mol. The van der Waals surface area contributed by atoms with E-state index in [0.29, 0.717) is 18.8 Å². The highest BCUT2D eigenvalue weighted by Gasteiger charge is 2.29. The third kappa shape index (κ3) is 3.56. The van der Waals surface area contributed by atoms with Crippen LogP contribution in [-0.4, -0.2) is 35.6 Å². The number of carbonyl (C=O) groups excluding carboxylic acids is 1. The molecule has 2 rings (SSSR count). The first-order chi connectivity index (χ1) is 9.02. The second-order valence-electron chi connectivity index (χ2n) is 5.90. The molecule has 0 atom stereocenters. The number of carbonyl (C=O) groups is 1. The summed E-state index contributed by atoms with van der Waals surface area (Å²) in [6.07, 6.45) is 2.58. The van der Waals surface area contributed by atoms with Gasteiger partial charge in [-0.15, -0.1) is 0 Å². The van der Waals surface area contributed by atoms with Crippen molar-refractivity contribution in [3.05, 3.63) is 17.2 Å². The molecule has 0 saturated heterocycles. The zero-order valence-electron chi connectivity index (χ0n) is 12.0. The summed E-state index contributed by atoms with van der Waals surface area (Å²) in [5.74, 6) is 0.770. The van der Waals surface area contributed by atoms with E-state index in [-0.39, 0.29) is 11.3 Å². The smallest absolute Gasteiger partial charge is 0.271 e. The molecule has 19 heavy (non-hydrogen) atoms. The Kier molecular flexibility index (Phi) is 4.24. The summed E-state index contributed by atoms with van der Waals surface area (Å²) in [4.78, 5) is 19.7. The minimum Gasteiger partial charge on any atom is -0.381 e. The van der Waals surface area contributed by atoms with E-state index in [2.05, 4.69) is 36.1 Å². The third-order valence-corrected chi connectivity index (χ3v) is 3.26. The largest absolute Gasteiger partial charge is 0.381 e. The summed E-state index contributed by atoms with van der Waals surface area (Å²) in [6, 6.07) is 0. The van der Waals surface area contributed by atoms with Crippen molar-refractivity contribution in [1.29, 1.82) is 0 Å². The number of amides is 1. The van der Waals surface area contributed by atoms with E-state index in [9.17, 15) is 4.79 Å². The molecule has 5 nitrogen and oxygen atoms in total. The van der Waals surface area contributed by atoms with Crippen LogP contribution in [0.2, 0.25) is 0 Å². The van der Waals surface area contributed by atoms with E-state index in [1.54, 1.807) is 0 Å². The summed E-state index contributed by atoms with van der Waals surface area (Å²) in [7, 11) is 0. The summed E-state index contributed by atoms with van der Waals surface area (Å²) >= 11 is 0. The Hall–Kier alpha value is -1.36. The van der Waals surface area contributed by atoms with Gasteiger partial charge in [0.05, 0.1) is 6.61 Å². The van der Waals surface area contributed by atoms with Crippen LogP contribution in [0.1, 0.15) is 49.2 Å². The number of H-pyrrole nitrogens is 1. The van der Waals surface area contributed by atoms with Crippen LogP contribution in [0.25, 0.3) is 0 Å². The lowest BCUT2D eigenvalue weighted by Crippen LogP contribution is -2.32. The van der Waals surface area contributed by atoms with Crippen LogP contribution in [0.3, 0.4) is 0 Å². The van der Waals surface area contributed by atoms with Crippen molar-refractivity contribution in [2.75, 3.05) is 19.8 Å². The molecule has 0 aromatic carbocycles. The van der Waals surface area contributed by atoms with Gasteiger partial charge in [0.25, 0.3) is 5.91 Å². The molecular weight excluding hydrogens is 242 g/mol. The Morgan fingerprint density at radius 1 is 1.37 bits per heavy atom. The van der Waals surface area contributed by atoms with Crippen LogP contribution in [0.5, 0.6) is 0 Å². The lowest BCUT2D eigenvalue weighted by molar-refractivity contribution is 0.0940. The molecule has 0 spiro atoms. The van der Waals surface area contributed by atoms with Gasteiger partial charge >= 0.3 is 0 Å². The van der Waals surface area contributed by atoms with Crippen LogP contribution in [0.15, 0.2) is 0 Å². The van der Waals surface area contributed by atoms with Crippen molar-refractivity contribution in [1.82, 2.24) is 15.3 Å². The normalized spacial score (nSPS) is 17.7. The van der Waals surface area contributed by atoms with E-state index < -0.39 is 0 Å². The number of fused-ring (bicyclic) bond motifs is 1. The maximum absolute atomic E-state index is 12.0. The molecule has 0 bridgehead atoms. The standard InChI is InChI=1S/C14H23N3O2/c1-4-6-19-7-5-11-16-10-8-14(2,3)9-15-13(18)12(10)17-11/h4-9H2,1-3H3,(H,15,18)(H,16,17). The van der Waals surface area contributed by atoms with E-state index in [1.807, 2.05) is 0 Å². The van der Waals surface area contributed by atoms with E-state index in [0.717, 1.165) is 37.4 Å². The van der Waals surface area contributed by atoms with E-state index >= 15 is 0 Å². The van der Waals surface area contributed by atoms with Gasteiger partial charge in [0.15, 0.2) is 0 Å². The molecular formula is C14H23N3O2. The number of nitrogens with one attached hydrogen (secondary N) is 2. The molecule has 106 valence electrons. The lowest BCUT2D eigenvalue weighted by Gasteiger charge is -2.21. The van der Waals surface area contributed by atoms with Gasteiger partial charge in [-0.1, -0.05) is 20.8 Å². The number of hydrogen-bond acceptors (Lipinski definition) is 3. The Morgan fingerprint density at radius 3 is 2.89 bits per heavy atom. The fourth-order valence-corrected chi connectivity index (χ4v) is 2.26. The number of rotatable bonds is 5. The summed E-state index contributed by atoms with van der Waals surface area (Å²) in [5.41, 5.74) is 1.56. The third-order valence-electron chi connectivity index (χ3n) is 3.26. The van der Waals surface area contributed by atoms with Crippen LogP contribution < -0.4 is 5.32 Å². The van der Waals surface area contributed by atoms with Gasteiger partial charge in [0, 0.05) is 25.3 Å². The molecule has 1 aliphatic heterocycles. The highest BCUT2D eigenvalue weighted by atomic mass is 16.5. The van der Waals surface area contributed by atoms with Crippen molar-refractivity contribution in [2.45, 2.75) is 40.0 Å². The quantitative estimate of drug-likeness (QED) is 0.796. The summed E-state index contributed by atoms with van der Waals surface area (Å²) < 4.78 is 5.45. The maximum atomic E-state index is 12.0. The second kappa shape index (κ2) is 5.74. The molecule has 0 unspecified atom stereocenters. The number of hydrogen-bond donors (Lipinski definition) is 2. The van der Waals surface area contributed by atoms with Gasteiger partial charge < -0.3 is 15.0 Å². The molecule has 1 amide bonds. The minimum atomic E-state index is -0.0717. The zero-order valence-corrected chi connectivity index (χ0v) is 12.0. The van der Waals surface area contributed by atoms with Crippen molar-refractivity contribution < 1.29 is 9.53 Å². The van der Waals surface area contributed by atoms with Crippen LogP contribution in [0.4, 0.5) is 0 Å². The van der Waals surface area contributed by atoms with Gasteiger partial charge in [-0.05, 0) is 18.3 Å². The number of nitrogens with zero attached hydrogens (tertiary/aromatic N) is 1. The summed E-state index contributed by atoms with van der Waals surface area (Å²) in [6.45, 7) is 8.48. The number of ether oxygens (including phenoxy) is 1. The SMILES string of the molecule is CCCOCCc1nc2c([nH]1)CC(C)(C)CNC2=O. The highest BCUT2D eigenvalue weighted by molar-refractivity contribution is 5.93. The van der Waals surface area contributed by atoms with Crippen LogP contribution >= 0.6 is 0 Å². The fraction of sp³-hybridized carbons (Fsp3) is 0.714. The van der Waals surface area contributed by atoms with Gasteiger partial charge in [-0.25, -0.2) is 4.98 Å². The van der Waals surface area contributed by atoms with Crippen molar-refractivity contribution in [3.63, 3.8) is 0 Å². The fourth-order valence-electron chi connectivity index (χ4n) is 2.26. The van der Waals surface area contributed by atoms with Crippen molar-refractivity contribution in [3.8, 4) is 0 Å². The highest BCUT2D eigenvalue weighted by Crippen LogP contribution is 2.25. The van der Waals surface area contributed by atoms with Gasteiger partial charge in [0.1, 0.15) is 11.5 Å². The first-order valence-corrected chi connectivity index (χ1v) is 6.95. The van der Waals surface area contributed by atoms with E-state index in [1.165, 1.54) is 0 Å². The molecule has 0 saturated carbocycles. The lowest BCUT2D eigenvalue weighted by atomic mass is 9.88. The second-order valence-corrected chi connectivity index (χ2v) is 5.90. The molecule has 0 fully saturated rings. The topological polar surface area (TPSA) is 67.0 Å². The monoisotopic (exact) mass is 265 g/mol. The molecule has 0 radical (unpaired) electrons. The predicted molar refractivity (Wildman–Crippen MR) is 73.2 cm³/mol. The molecule has 0 aliphatic carbocycles. The number of aromatic nitrogens is 2. The number of aromatic amines is 1. The number of imidazole rings is 1. The molecule has 1 aromatic rings. The molecule has 2 heterocycles. The van der Waals surface area contributed by atoms with Crippen molar-refractivity contribution in [2.24, 2.45) is 5.41 Å². The first kappa shape index (κ1) is 14.1. The maximum Gasteiger partial charge on any atom is 0.271 e. The molecule has 1 aliphatic rings. The minimum absolute atomic E-state index is 0.0590. The molecule has 5 heteroatoms. The summed E-state index contributed by atoms with van der Waals surface area (Å²) in [5, 5.41) is 2.93. The van der Waals surface area contributed by atoms with Gasteiger partial charge in [0.2, 0.25) is 0 Å². The first-order valence-electron chi connectivity index (χ1n) is 6.95. The van der Waals surface area contributed by atoms with Crippen molar-refractivity contribution >= 4 is 5.91 Å². The molecule has 1 aromatic heterocycles. The van der Waals surface area contributed by atoms with Crippen LogP contribution in [-0.2, 0) is 17.6 Å². The molecule has 2 N–H and O–H groups in total. The van der Waals surface area contributed by atoms with Gasteiger partial charge in [-0.3, -0.25) is 4.79 Å². The van der Waals surface area contributed by atoms with E-state index in [4.69, 9.17) is 4.74 Å². The zero-order chi connectivity index (χ0) is 13.9. The Bertz CT molecular complexity index is 452.